The van der Waals surface area contributed by atoms with Gasteiger partial charge in [-0.15, -0.1) is 0 Å². The van der Waals surface area contributed by atoms with Gasteiger partial charge in [0.15, 0.2) is 0 Å². The second kappa shape index (κ2) is 8.48. The molecule has 0 radical (unpaired) electrons. The molecule has 0 aliphatic carbocycles. The first-order valence-corrected chi connectivity index (χ1v) is 8.39. The van der Waals surface area contributed by atoms with E-state index in [-0.39, 0.29) is 23.8 Å². The summed E-state index contributed by atoms with van der Waals surface area (Å²) < 4.78 is 5.04. The molecular weight excluding hydrogens is 282 g/mol. The van der Waals surface area contributed by atoms with Crippen molar-refractivity contribution in [2.45, 2.75) is 38.6 Å². The average molecular weight is 311 g/mol. The lowest BCUT2D eigenvalue weighted by molar-refractivity contribution is -0.132. The van der Waals surface area contributed by atoms with Crippen LogP contribution in [0.15, 0.2) is 0 Å². The molecule has 126 valence electrons. The number of piperidine rings is 1. The van der Waals surface area contributed by atoms with E-state index in [1.54, 1.807) is 7.11 Å². The van der Waals surface area contributed by atoms with E-state index in [4.69, 9.17) is 4.74 Å². The van der Waals surface area contributed by atoms with E-state index in [9.17, 15) is 9.59 Å². The fourth-order valence-electron chi connectivity index (χ4n) is 3.26. The number of methoxy groups -OCH3 is 1. The molecule has 6 nitrogen and oxygen atoms in total. The van der Waals surface area contributed by atoms with E-state index in [2.05, 4.69) is 10.2 Å². The number of amides is 2. The number of nitrogens with zero attached hydrogens (tertiary/aromatic N) is 2. The van der Waals surface area contributed by atoms with Crippen molar-refractivity contribution in [1.82, 2.24) is 15.1 Å². The molecule has 0 unspecified atom stereocenters. The topological polar surface area (TPSA) is 61.9 Å². The van der Waals surface area contributed by atoms with Crippen LogP contribution in [0, 0.1) is 5.92 Å². The van der Waals surface area contributed by atoms with Gasteiger partial charge >= 0.3 is 0 Å². The molecule has 0 bridgehead atoms. The van der Waals surface area contributed by atoms with Crippen molar-refractivity contribution in [2.24, 2.45) is 5.92 Å². The van der Waals surface area contributed by atoms with Crippen LogP contribution in [0.5, 0.6) is 0 Å². The highest BCUT2D eigenvalue weighted by atomic mass is 16.5. The molecule has 0 aromatic rings. The van der Waals surface area contributed by atoms with E-state index in [1.807, 2.05) is 11.8 Å². The Morgan fingerprint density at radius 2 is 1.82 bits per heavy atom. The maximum absolute atomic E-state index is 12.2. The van der Waals surface area contributed by atoms with Gasteiger partial charge in [0.2, 0.25) is 11.8 Å². The van der Waals surface area contributed by atoms with Crippen LogP contribution in [-0.2, 0) is 14.3 Å². The molecule has 2 heterocycles. The van der Waals surface area contributed by atoms with Crippen LogP contribution >= 0.6 is 0 Å². The molecule has 1 N–H and O–H groups in total. The largest absolute Gasteiger partial charge is 0.383 e. The minimum Gasteiger partial charge on any atom is -0.383 e. The molecule has 2 aliphatic heterocycles. The quantitative estimate of drug-likeness (QED) is 0.775. The summed E-state index contributed by atoms with van der Waals surface area (Å²) in [7, 11) is 1.64. The van der Waals surface area contributed by atoms with Gasteiger partial charge < -0.3 is 15.0 Å². The Kier molecular flexibility index (Phi) is 6.64. The summed E-state index contributed by atoms with van der Waals surface area (Å²) in [5.41, 5.74) is 0. The third kappa shape index (κ3) is 4.95. The van der Waals surface area contributed by atoms with Crippen molar-refractivity contribution in [3.8, 4) is 0 Å². The molecule has 0 saturated carbocycles. The van der Waals surface area contributed by atoms with Gasteiger partial charge in [-0.05, 0) is 45.7 Å². The summed E-state index contributed by atoms with van der Waals surface area (Å²) in [4.78, 5) is 28.4. The highest BCUT2D eigenvalue weighted by Gasteiger charge is 2.28. The normalized spacial score (nSPS) is 21.8. The van der Waals surface area contributed by atoms with Crippen molar-refractivity contribution in [3.05, 3.63) is 0 Å². The molecule has 0 aromatic carbocycles. The van der Waals surface area contributed by atoms with Crippen LogP contribution in [0.25, 0.3) is 0 Å². The number of carbonyl (C=O) groups is 2. The summed E-state index contributed by atoms with van der Waals surface area (Å²) >= 11 is 0. The summed E-state index contributed by atoms with van der Waals surface area (Å²) in [6.07, 6.45) is 3.93. The van der Waals surface area contributed by atoms with Gasteiger partial charge in [0.25, 0.3) is 0 Å². The lowest BCUT2D eigenvalue weighted by atomic mass is 9.95. The zero-order chi connectivity index (χ0) is 15.9. The fourth-order valence-corrected chi connectivity index (χ4v) is 3.26. The molecule has 2 amide bonds. The summed E-state index contributed by atoms with van der Waals surface area (Å²) in [6.45, 7) is 6.48. The predicted octanol–water partition coefficient (Wildman–Crippen LogP) is 0.472. The van der Waals surface area contributed by atoms with Crippen LogP contribution in [0.2, 0.25) is 0 Å². The lowest BCUT2D eigenvalue weighted by Gasteiger charge is -2.32. The number of hydrogen-bond acceptors (Lipinski definition) is 4. The zero-order valence-corrected chi connectivity index (χ0v) is 13.8. The number of rotatable bonds is 6. The second-order valence-corrected chi connectivity index (χ2v) is 6.50. The number of carbonyl (C=O) groups excluding carboxylic acids is 2. The minimum atomic E-state index is 0.0484. The molecule has 22 heavy (non-hydrogen) atoms. The minimum absolute atomic E-state index is 0.0484. The third-order valence-corrected chi connectivity index (χ3v) is 4.58. The first kappa shape index (κ1) is 17.2. The van der Waals surface area contributed by atoms with Crippen LogP contribution in [-0.4, -0.2) is 74.1 Å². The monoisotopic (exact) mass is 311 g/mol. The van der Waals surface area contributed by atoms with E-state index < -0.39 is 0 Å². The Morgan fingerprint density at radius 3 is 2.41 bits per heavy atom. The van der Waals surface area contributed by atoms with Crippen molar-refractivity contribution in [1.29, 1.82) is 0 Å². The van der Waals surface area contributed by atoms with Gasteiger partial charge in [-0.25, -0.2) is 0 Å². The Labute approximate surface area is 133 Å². The molecule has 2 aliphatic rings. The fraction of sp³-hybridized carbons (Fsp3) is 0.875. The van der Waals surface area contributed by atoms with Gasteiger partial charge in [0.05, 0.1) is 13.2 Å². The number of hydrogen-bond donors (Lipinski definition) is 1. The number of ether oxygens (including phenoxy) is 1. The predicted molar refractivity (Wildman–Crippen MR) is 84.5 cm³/mol. The van der Waals surface area contributed by atoms with E-state index in [0.717, 1.165) is 51.9 Å². The molecule has 6 heteroatoms. The van der Waals surface area contributed by atoms with Crippen molar-refractivity contribution in [3.63, 3.8) is 0 Å². The Morgan fingerprint density at radius 1 is 1.18 bits per heavy atom. The SMILES string of the molecule is COC[C@H](C)NC(=O)C1CCN(CC(=O)N2CCCC2)CC1. The zero-order valence-electron chi connectivity index (χ0n) is 13.8. The highest BCUT2D eigenvalue weighted by molar-refractivity contribution is 5.79. The number of likely N-dealkylation sites (tertiary alicyclic amines) is 2. The molecule has 0 aromatic heterocycles. The van der Waals surface area contributed by atoms with Gasteiger partial charge in [0, 0.05) is 32.2 Å². The number of nitrogens with one attached hydrogen (secondary N) is 1. The standard InChI is InChI=1S/C16H29N3O3/c1-13(12-22-2)17-16(21)14-5-9-18(10-6-14)11-15(20)19-7-3-4-8-19/h13-14H,3-12H2,1-2H3,(H,17,21)/t13-/m0/s1. The van der Waals surface area contributed by atoms with Gasteiger partial charge in [-0.2, -0.15) is 0 Å². The van der Waals surface area contributed by atoms with Gasteiger partial charge in [-0.3, -0.25) is 14.5 Å². The van der Waals surface area contributed by atoms with Crippen molar-refractivity contribution in [2.75, 3.05) is 46.4 Å². The highest BCUT2D eigenvalue weighted by Crippen LogP contribution is 2.18. The lowest BCUT2D eigenvalue weighted by Crippen LogP contribution is -2.46. The first-order chi connectivity index (χ1) is 10.6. The third-order valence-electron chi connectivity index (χ3n) is 4.58. The molecule has 1 atom stereocenters. The molecule has 2 rings (SSSR count). The summed E-state index contributed by atoms with van der Waals surface area (Å²) in [6, 6.07) is 0.0484. The van der Waals surface area contributed by atoms with Crippen molar-refractivity contribution < 1.29 is 14.3 Å². The first-order valence-electron chi connectivity index (χ1n) is 8.39. The van der Waals surface area contributed by atoms with Gasteiger partial charge in [-0.1, -0.05) is 0 Å². The van der Waals surface area contributed by atoms with Crippen LogP contribution in [0.4, 0.5) is 0 Å². The Bertz CT molecular complexity index is 375. The summed E-state index contributed by atoms with van der Waals surface area (Å²) in [5.74, 6) is 0.432. The van der Waals surface area contributed by atoms with Crippen molar-refractivity contribution >= 4 is 11.8 Å². The maximum atomic E-state index is 12.2. The molecule has 2 fully saturated rings. The Hall–Kier alpha value is -1.14. The average Bonchev–Trinajstić information content (AvgIpc) is 3.02. The van der Waals surface area contributed by atoms with Crippen LogP contribution < -0.4 is 5.32 Å². The smallest absolute Gasteiger partial charge is 0.236 e. The Balaban J connectivity index is 1.68. The maximum Gasteiger partial charge on any atom is 0.236 e. The van der Waals surface area contributed by atoms with Crippen LogP contribution in [0.3, 0.4) is 0 Å². The van der Waals surface area contributed by atoms with E-state index in [0.29, 0.717) is 13.2 Å². The molecular formula is C16H29N3O3. The van der Waals surface area contributed by atoms with E-state index in [1.165, 1.54) is 0 Å². The summed E-state index contributed by atoms with van der Waals surface area (Å²) in [5, 5.41) is 2.99. The molecule has 0 spiro atoms. The van der Waals surface area contributed by atoms with Gasteiger partial charge in [0.1, 0.15) is 0 Å². The van der Waals surface area contributed by atoms with E-state index >= 15 is 0 Å². The second-order valence-electron chi connectivity index (χ2n) is 6.50. The molecule has 2 saturated heterocycles. The van der Waals surface area contributed by atoms with Crippen LogP contribution in [0.1, 0.15) is 32.6 Å².